The van der Waals surface area contributed by atoms with Crippen LogP contribution in [0.3, 0.4) is 0 Å². The molecule has 0 bridgehead atoms. The molecule has 1 fully saturated rings. The highest BCUT2D eigenvalue weighted by Crippen LogP contribution is 2.39. The number of hydrogen-bond acceptors (Lipinski definition) is 4. The summed E-state index contributed by atoms with van der Waals surface area (Å²) in [6.45, 7) is 12.5. The Labute approximate surface area is 224 Å². The second-order valence-electron chi connectivity index (χ2n) is 11.5. The molecule has 0 saturated carbocycles. The lowest BCUT2D eigenvalue weighted by molar-refractivity contribution is -0.0366. The third-order valence-corrected chi connectivity index (χ3v) is 12.7. The number of pyridine rings is 1. The molecule has 2 aromatic heterocycles. The number of hydrogen-bond donors (Lipinski definition) is 0. The number of benzene rings is 2. The molecule has 196 valence electrons. The average Bonchev–Trinajstić information content (AvgIpc) is 3.27. The Bertz CT molecular complexity index is 1420. The topological polar surface area (TPSA) is 49.2 Å². The van der Waals surface area contributed by atoms with Gasteiger partial charge in [0.25, 0.3) is 0 Å². The first-order valence-electron chi connectivity index (χ1n) is 13.1. The summed E-state index contributed by atoms with van der Waals surface area (Å²) in [5.74, 6) is -0.270. The van der Waals surface area contributed by atoms with Crippen LogP contribution in [0, 0.1) is 5.82 Å². The van der Waals surface area contributed by atoms with E-state index < -0.39 is 8.32 Å². The van der Waals surface area contributed by atoms with Gasteiger partial charge in [0.2, 0.25) is 0 Å². The van der Waals surface area contributed by atoms with Crippen LogP contribution in [0.1, 0.15) is 52.0 Å². The summed E-state index contributed by atoms with van der Waals surface area (Å²) in [5, 5.41) is 8.07. The molecular formula is C29H35ClFN3O2Si. The third-order valence-electron chi connectivity index (χ3n) is 7.92. The van der Waals surface area contributed by atoms with E-state index in [1.165, 1.54) is 12.1 Å². The Kier molecular flexibility index (Phi) is 7.17. The number of fused-ring (bicyclic) bond motifs is 2. The van der Waals surface area contributed by atoms with Crippen LogP contribution in [0.25, 0.3) is 32.8 Å². The molecule has 5 rings (SSSR count). The SMILES string of the molecule is CC(C)(C)[Si](C)(C)OCCc1nc(Cl)c2cc3c(cnn3C3CCCCO3)cc2c1-c1ccc(F)cc1. The van der Waals surface area contributed by atoms with Crippen molar-refractivity contribution in [2.75, 3.05) is 13.2 Å². The van der Waals surface area contributed by atoms with Gasteiger partial charge in [0.05, 0.1) is 17.4 Å². The lowest BCUT2D eigenvalue weighted by Crippen LogP contribution is -2.41. The van der Waals surface area contributed by atoms with Gasteiger partial charge in [-0.2, -0.15) is 5.10 Å². The van der Waals surface area contributed by atoms with Crippen molar-refractivity contribution in [1.82, 2.24) is 14.8 Å². The summed E-state index contributed by atoms with van der Waals surface area (Å²) in [4.78, 5) is 4.86. The zero-order chi connectivity index (χ0) is 26.4. The summed E-state index contributed by atoms with van der Waals surface area (Å²) in [7, 11) is -1.91. The minimum absolute atomic E-state index is 0.0706. The fraction of sp³-hybridized carbons (Fsp3) is 0.448. The quantitative estimate of drug-likeness (QED) is 0.182. The van der Waals surface area contributed by atoms with Gasteiger partial charge in [-0.25, -0.2) is 14.1 Å². The van der Waals surface area contributed by atoms with Gasteiger partial charge in [0, 0.05) is 36.0 Å². The first kappa shape index (κ1) is 26.3. The van der Waals surface area contributed by atoms with Gasteiger partial charge >= 0.3 is 0 Å². The van der Waals surface area contributed by atoms with Crippen molar-refractivity contribution in [1.29, 1.82) is 0 Å². The Hall–Kier alpha value is -2.32. The summed E-state index contributed by atoms with van der Waals surface area (Å²) < 4.78 is 28.3. The summed E-state index contributed by atoms with van der Waals surface area (Å²) in [5.41, 5.74) is 3.69. The van der Waals surface area contributed by atoms with Crippen LogP contribution in [0.4, 0.5) is 4.39 Å². The highest BCUT2D eigenvalue weighted by Gasteiger charge is 2.37. The Morgan fingerprint density at radius 2 is 1.89 bits per heavy atom. The van der Waals surface area contributed by atoms with Crippen molar-refractivity contribution in [2.45, 2.75) is 70.8 Å². The van der Waals surface area contributed by atoms with Crippen LogP contribution in [0.15, 0.2) is 42.6 Å². The van der Waals surface area contributed by atoms with Crippen LogP contribution < -0.4 is 0 Å². The van der Waals surface area contributed by atoms with Crippen molar-refractivity contribution >= 4 is 41.6 Å². The number of ether oxygens (including phenoxy) is 1. The normalized spacial score (nSPS) is 17.1. The summed E-state index contributed by atoms with van der Waals surface area (Å²) >= 11 is 6.83. The number of nitrogens with zero attached hydrogens (tertiary/aromatic N) is 3. The molecule has 1 aliphatic rings. The molecule has 0 amide bonds. The molecule has 1 aliphatic heterocycles. The summed E-state index contributed by atoms with van der Waals surface area (Å²) in [6, 6.07) is 10.8. The molecule has 1 unspecified atom stereocenters. The molecule has 5 nitrogen and oxygen atoms in total. The minimum atomic E-state index is -1.91. The van der Waals surface area contributed by atoms with E-state index in [1.807, 2.05) is 10.9 Å². The standard InChI is InChI=1S/C29H35ClFN3O2Si/c1-29(2,3)37(4,5)36-15-13-24-27(19-9-11-21(31)12-10-19)22-16-20-18-32-34(26-8-6-7-14-35-26)25(20)17-23(22)28(30)33-24/h9-12,16-18,26H,6-8,13-15H2,1-5H3. The van der Waals surface area contributed by atoms with Crippen LogP contribution in [-0.4, -0.2) is 36.3 Å². The molecule has 3 heterocycles. The fourth-order valence-corrected chi connectivity index (χ4v) is 6.05. The van der Waals surface area contributed by atoms with Gasteiger partial charge in [-0.1, -0.05) is 44.5 Å². The van der Waals surface area contributed by atoms with Crippen molar-refractivity contribution in [3.63, 3.8) is 0 Å². The number of aromatic nitrogens is 3. The lowest BCUT2D eigenvalue weighted by atomic mass is 9.95. The third kappa shape index (κ3) is 5.19. The van der Waals surface area contributed by atoms with E-state index in [4.69, 9.17) is 25.7 Å². The van der Waals surface area contributed by atoms with Gasteiger partial charge in [0.1, 0.15) is 11.0 Å². The van der Waals surface area contributed by atoms with Crippen LogP contribution in [-0.2, 0) is 15.6 Å². The highest BCUT2D eigenvalue weighted by molar-refractivity contribution is 6.74. The molecule has 8 heteroatoms. The molecule has 4 aromatic rings. The first-order valence-corrected chi connectivity index (χ1v) is 16.3. The molecule has 0 spiro atoms. The van der Waals surface area contributed by atoms with E-state index in [2.05, 4.69) is 51.1 Å². The maximum absolute atomic E-state index is 13.8. The molecule has 1 atom stereocenters. The maximum Gasteiger partial charge on any atom is 0.191 e. The van der Waals surface area contributed by atoms with Crippen molar-refractivity contribution in [3.05, 3.63) is 59.3 Å². The predicted molar refractivity (Wildman–Crippen MR) is 151 cm³/mol. The highest BCUT2D eigenvalue weighted by atomic mass is 35.5. The maximum atomic E-state index is 13.8. The van der Waals surface area contributed by atoms with Crippen molar-refractivity contribution in [3.8, 4) is 11.1 Å². The average molecular weight is 540 g/mol. The van der Waals surface area contributed by atoms with Gasteiger partial charge in [-0.3, -0.25) is 0 Å². The fourth-order valence-electron chi connectivity index (χ4n) is 4.75. The van der Waals surface area contributed by atoms with E-state index in [0.29, 0.717) is 18.2 Å². The largest absolute Gasteiger partial charge is 0.416 e. The predicted octanol–water partition coefficient (Wildman–Crippen LogP) is 8.31. The number of halogens is 2. The van der Waals surface area contributed by atoms with Crippen LogP contribution >= 0.6 is 11.6 Å². The van der Waals surface area contributed by atoms with Gasteiger partial charge in [-0.15, -0.1) is 0 Å². The Morgan fingerprint density at radius 1 is 1.14 bits per heavy atom. The van der Waals surface area contributed by atoms with Gasteiger partial charge < -0.3 is 9.16 Å². The van der Waals surface area contributed by atoms with E-state index in [0.717, 1.165) is 64.4 Å². The summed E-state index contributed by atoms with van der Waals surface area (Å²) in [6.07, 6.45) is 5.57. The minimum Gasteiger partial charge on any atom is -0.416 e. The molecule has 37 heavy (non-hydrogen) atoms. The van der Waals surface area contributed by atoms with Crippen molar-refractivity contribution in [2.24, 2.45) is 0 Å². The Morgan fingerprint density at radius 3 is 2.57 bits per heavy atom. The molecule has 1 saturated heterocycles. The molecule has 0 N–H and O–H groups in total. The van der Waals surface area contributed by atoms with Crippen molar-refractivity contribution < 1.29 is 13.6 Å². The van der Waals surface area contributed by atoms with Gasteiger partial charge in [0.15, 0.2) is 14.5 Å². The Balaban J connectivity index is 1.61. The van der Waals surface area contributed by atoms with Gasteiger partial charge in [-0.05, 0) is 72.6 Å². The molecular weight excluding hydrogens is 505 g/mol. The van der Waals surface area contributed by atoms with E-state index in [9.17, 15) is 4.39 Å². The zero-order valence-corrected chi connectivity index (χ0v) is 24.0. The van der Waals surface area contributed by atoms with E-state index in [1.54, 1.807) is 12.1 Å². The molecule has 0 aliphatic carbocycles. The van der Waals surface area contributed by atoms with E-state index >= 15 is 0 Å². The lowest BCUT2D eigenvalue weighted by Gasteiger charge is -2.36. The van der Waals surface area contributed by atoms with Crippen LogP contribution in [0.5, 0.6) is 0 Å². The smallest absolute Gasteiger partial charge is 0.191 e. The number of rotatable bonds is 6. The molecule has 0 radical (unpaired) electrons. The second-order valence-corrected chi connectivity index (χ2v) is 16.6. The first-order chi connectivity index (χ1) is 17.5. The second kappa shape index (κ2) is 10.1. The molecule has 2 aromatic carbocycles. The monoisotopic (exact) mass is 539 g/mol. The zero-order valence-electron chi connectivity index (χ0n) is 22.3. The van der Waals surface area contributed by atoms with E-state index in [-0.39, 0.29) is 17.1 Å². The van der Waals surface area contributed by atoms with Crippen LogP contribution in [0.2, 0.25) is 23.3 Å².